The third kappa shape index (κ3) is 3.74. The zero-order valence-corrected chi connectivity index (χ0v) is 19.7. The summed E-state index contributed by atoms with van der Waals surface area (Å²) in [7, 11) is 0. The van der Waals surface area contributed by atoms with Crippen LogP contribution >= 0.6 is 34.5 Å². The fourth-order valence-electron chi connectivity index (χ4n) is 3.60. The minimum Gasteiger partial charge on any atom is -0.462 e. The molecule has 0 atom stereocenters. The van der Waals surface area contributed by atoms with E-state index in [-0.39, 0.29) is 27.9 Å². The number of benzene rings is 2. The summed E-state index contributed by atoms with van der Waals surface area (Å²) in [4.78, 5) is 22.2. The first-order chi connectivity index (χ1) is 15.9. The Balaban J connectivity index is 1.82. The van der Waals surface area contributed by atoms with Crippen molar-refractivity contribution in [2.45, 2.75) is 13.8 Å². The highest BCUT2D eigenvalue weighted by atomic mass is 35.5. The summed E-state index contributed by atoms with van der Waals surface area (Å²) >= 11 is 13.7. The quantitative estimate of drug-likeness (QED) is 0.204. The van der Waals surface area contributed by atoms with Crippen LogP contribution in [0.4, 0.5) is 4.39 Å². The maximum Gasteiger partial charge on any atom is 0.339 e. The second kappa shape index (κ2) is 8.37. The van der Waals surface area contributed by atoms with E-state index in [2.05, 4.69) is 10.1 Å². The number of pyridine rings is 1. The second-order valence-corrected chi connectivity index (χ2v) is 9.01. The Hall–Kier alpha value is -3.07. The highest BCUT2D eigenvalue weighted by Crippen LogP contribution is 2.35. The summed E-state index contributed by atoms with van der Waals surface area (Å²) in [6.07, 6.45) is 0. The Bertz CT molecular complexity index is 1530. The molecule has 0 unspecified atom stereocenters. The molecule has 0 saturated heterocycles. The SMILES string of the molecule is CCOC(=O)c1cc(-c2cc(F)c(Cl)cc2Cl)nc2c1c(C)nn2-c1nc2ccccc2s1. The molecular weight excluding hydrogens is 486 g/mol. The average Bonchev–Trinajstić information content (AvgIpc) is 3.37. The van der Waals surface area contributed by atoms with Crippen LogP contribution in [0, 0.1) is 12.7 Å². The number of carbonyl (C=O) groups excluding carboxylic acids is 1. The lowest BCUT2D eigenvalue weighted by atomic mass is 10.1. The van der Waals surface area contributed by atoms with Crippen LogP contribution in [0.1, 0.15) is 23.0 Å². The van der Waals surface area contributed by atoms with Crippen molar-refractivity contribution in [2.75, 3.05) is 6.61 Å². The van der Waals surface area contributed by atoms with Crippen LogP contribution in [0.5, 0.6) is 0 Å². The molecule has 0 saturated carbocycles. The normalized spacial score (nSPS) is 11.4. The van der Waals surface area contributed by atoms with E-state index >= 15 is 0 Å². The van der Waals surface area contributed by atoms with E-state index in [1.54, 1.807) is 18.5 Å². The van der Waals surface area contributed by atoms with E-state index in [0.29, 0.717) is 27.4 Å². The van der Waals surface area contributed by atoms with Crippen molar-refractivity contribution in [3.05, 3.63) is 69.6 Å². The van der Waals surface area contributed by atoms with Crippen molar-refractivity contribution < 1.29 is 13.9 Å². The van der Waals surface area contributed by atoms with Gasteiger partial charge in [-0.05, 0) is 44.2 Å². The van der Waals surface area contributed by atoms with Crippen LogP contribution in [0.15, 0.2) is 42.5 Å². The zero-order chi connectivity index (χ0) is 23.3. The number of aromatic nitrogens is 4. The van der Waals surface area contributed by atoms with E-state index in [0.717, 1.165) is 10.2 Å². The molecule has 0 radical (unpaired) electrons. The van der Waals surface area contributed by atoms with Gasteiger partial charge >= 0.3 is 5.97 Å². The van der Waals surface area contributed by atoms with Gasteiger partial charge in [0.1, 0.15) is 5.82 Å². The number of thiazole rings is 1. The fourth-order valence-corrected chi connectivity index (χ4v) is 5.00. The molecule has 5 aromatic rings. The zero-order valence-electron chi connectivity index (χ0n) is 17.4. The molecule has 5 rings (SSSR count). The smallest absolute Gasteiger partial charge is 0.339 e. The minimum absolute atomic E-state index is 0.106. The van der Waals surface area contributed by atoms with Crippen LogP contribution in [-0.2, 0) is 4.74 Å². The van der Waals surface area contributed by atoms with Gasteiger partial charge in [0, 0.05) is 5.56 Å². The molecule has 0 bridgehead atoms. The molecule has 0 aliphatic rings. The Morgan fingerprint density at radius 2 is 1.94 bits per heavy atom. The first-order valence-corrected chi connectivity index (χ1v) is 11.5. The Kier molecular flexibility index (Phi) is 5.52. The molecule has 3 heterocycles. The maximum absolute atomic E-state index is 14.3. The fraction of sp³-hybridized carbons (Fsp3) is 0.130. The number of fused-ring (bicyclic) bond motifs is 2. The van der Waals surface area contributed by atoms with Gasteiger partial charge in [-0.1, -0.05) is 46.7 Å². The van der Waals surface area contributed by atoms with E-state index in [1.807, 2.05) is 24.3 Å². The number of hydrogen-bond acceptors (Lipinski definition) is 6. The second-order valence-electron chi connectivity index (χ2n) is 7.18. The third-order valence-corrected chi connectivity index (χ3v) is 6.67. The Morgan fingerprint density at radius 3 is 2.70 bits per heavy atom. The lowest BCUT2D eigenvalue weighted by Gasteiger charge is -2.10. The van der Waals surface area contributed by atoms with Crippen molar-refractivity contribution >= 4 is 61.8 Å². The van der Waals surface area contributed by atoms with Crippen LogP contribution < -0.4 is 0 Å². The van der Waals surface area contributed by atoms with Crippen molar-refractivity contribution in [3.63, 3.8) is 0 Å². The van der Waals surface area contributed by atoms with Gasteiger partial charge in [0.25, 0.3) is 0 Å². The van der Waals surface area contributed by atoms with Gasteiger partial charge < -0.3 is 4.74 Å². The summed E-state index contributed by atoms with van der Waals surface area (Å²) in [5.74, 6) is -1.19. The van der Waals surface area contributed by atoms with E-state index in [4.69, 9.17) is 32.9 Å². The number of ether oxygens (including phenoxy) is 1. The Morgan fingerprint density at radius 1 is 1.15 bits per heavy atom. The van der Waals surface area contributed by atoms with Gasteiger partial charge in [0.05, 0.1) is 49.2 Å². The summed E-state index contributed by atoms with van der Waals surface area (Å²) in [6.45, 7) is 3.70. The van der Waals surface area contributed by atoms with Crippen LogP contribution in [-0.4, -0.2) is 32.3 Å². The standard InChI is InChI=1S/C23H15Cl2FN4O2S/c1-3-32-22(31)13-9-18(12-8-16(26)15(25)10-14(12)24)27-21-20(13)11(2)29-30(21)23-28-17-6-4-5-7-19(17)33-23/h4-10H,3H2,1-2H3. The molecular formula is C23H15Cl2FN4O2S. The monoisotopic (exact) mass is 500 g/mol. The molecule has 0 aliphatic carbocycles. The molecule has 0 spiro atoms. The van der Waals surface area contributed by atoms with Gasteiger partial charge in [-0.2, -0.15) is 9.78 Å². The number of esters is 1. The topological polar surface area (TPSA) is 69.9 Å². The van der Waals surface area contributed by atoms with Gasteiger partial charge in [-0.3, -0.25) is 0 Å². The minimum atomic E-state index is -0.647. The number of aryl methyl sites for hydroxylation is 1. The molecule has 0 fully saturated rings. The molecule has 2 aromatic carbocycles. The molecule has 0 N–H and O–H groups in total. The average molecular weight is 501 g/mol. The van der Waals surface area contributed by atoms with Gasteiger partial charge in [0.15, 0.2) is 5.65 Å². The summed E-state index contributed by atoms with van der Waals surface area (Å²) in [5, 5.41) is 5.82. The van der Waals surface area contributed by atoms with Crippen molar-refractivity contribution in [1.29, 1.82) is 0 Å². The molecule has 0 aliphatic heterocycles. The number of nitrogens with zero attached hydrogens (tertiary/aromatic N) is 4. The van der Waals surface area contributed by atoms with Crippen molar-refractivity contribution in [1.82, 2.24) is 19.7 Å². The van der Waals surface area contributed by atoms with Crippen LogP contribution in [0.2, 0.25) is 10.0 Å². The number of halogens is 3. The van der Waals surface area contributed by atoms with Crippen LogP contribution in [0.3, 0.4) is 0 Å². The molecule has 166 valence electrons. The predicted molar refractivity (Wildman–Crippen MR) is 128 cm³/mol. The lowest BCUT2D eigenvalue weighted by molar-refractivity contribution is 0.0528. The Labute approximate surface area is 201 Å². The first-order valence-electron chi connectivity index (χ1n) is 9.95. The third-order valence-electron chi connectivity index (χ3n) is 5.06. The number of para-hydroxylation sites is 1. The highest BCUT2D eigenvalue weighted by molar-refractivity contribution is 7.20. The van der Waals surface area contributed by atoms with Crippen molar-refractivity contribution in [2.24, 2.45) is 0 Å². The maximum atomic E-state index is 14.3. The molecule has 3 aromatic heterocycles. The van der Waals surface area contributed by atoms with E-state index in [1.165, 1.54) is 29.5 Å². The van der Waals surface area contributed by atoms with Gasteiger partial charge in [-0.25, -0.2) is 19.2 Å². The molecule has 10 heteroatoms. The summed E-state index contributed by atoms with van der Waals surface area (Å²) < 4.78 is 22.1. The molecule has 0 amide bonds. The summed E-state index contributed by atoms with van der Waals surface area (Å²) in [5.41, 5.74) is 2.63. The lowest BCUT2D eigenvalue weighted by Crippen LogP contribution is -2.07. The first kappa shape index (κ1) is 21.8. The largest absolute Gasteiger partial charge is 0.462 e. The van der Waals surface area contributed by atoms with Crippen molar-refractivity contribution in [3.8, 4) is 16.4 Å². The summed E-state index contributed by atoms with van der Waals surface area (Å²) in [6, 6.07) is 11.7. The predicted octanol–water partition coefficient (Wildman–Crippen LogP) is 6.63. The number of carbonyl (C=O) groups is 1. The highest BCUT2D eigenvalue weighted by Gasteiger charge is 2.24. The van der Waals surface area contributed by atoms with E-state index in [9.17, 15) is 9.18 Å². The molecule has 6 nitrogen and oxygen atoms in total. The van der Waals surface area contributed by atoms with E-state index < -0.39 is 11.8 Å². The number of hydrogen-bond donors (Lipinski definition) is 0. The van der Waals surface area contributed by atoms with Gasteiger partial charge in [-0.15, -0.1) is 0 Å². The van der Waals surface area contributed by atoms with Crippen LogP contribution in [0.25, 0.3) is 37.6 Å². The number of rotatable bonds is 4. The molecule has 33 heavy (non-hydrogen) atoms. The van der Waals surface area contributed by atoms with Gasteiger partial charge in [0.2, 0.25) is 5.13 Å².